The molecule has 3 fully saturated rings. The van der Waals surface area contributed by atoms with Gasteiger partial charge in [0.25, 0.3) is 0 Å². The van der Waals surface area contributed by atoms with Crippen molar-refractivity contribution in [2.45, 2.75) is 85.1 Å². The van der Waals surface area contributed by atoms with Crippen LogP contribution in [0.5, 0.6) is 0 Å². The Morgan fingerprint density at radius 1 is 1.20 bits per heavy atom. The van der Waals surface area contributed by atoms with E-state index in [-0.39, 0.29) is 11.3 Å². The Balaban J connectivity index is 1.68. The third-order valence-electron chi connectivity index (χ3n) is 8.88. The van der Waals surface area contributed by atoms with Crippen molar-refractivity contribution >= 4 is 5.91 Å². The lowest BCUT2D eigenvalue weighted by Crippen LogP contribution is -2.62. The summed E-state index contributed by atoms with van der Waals surface area (Å²) in [4.78, 5) is 14.9. The standard InChI is InChI=1S/C23H37NO/c1-5-6-14-24-19-15-16(2)21-17-8-7-11-22(17,3)12-9-18(21)23(19,4)13-10-20(24)25/h10,13,16-19,21H,5-9,11-12,14-15H2,1-4H3/t16-,17-,18-,19+,21-,22-,23+/m0/s1. The predicted molar refractivity (Wildman–Crippen MR) is 103 cm³/mol. The van der Waals surface area contributed by atoms with Crippen molar-refractivity contribution in [3.05, 3.63) is 12.2 Å². The Bertz CT molecular complexity index is 568. The summed E-state index contributed by atoms with van der Waals surface area (Å²) >= 11 is 0. The van der Waals surface area contributed by atoms with Crippen LogP contribution in [0.4, 0.5) is 0 Å². The SMILES string of the molecule is CCCCN1C(=O)C=C[C@]2(C)[C@H]3CC[C@]4(C)CCC[C@H]4[C@@H]3[C@@H](C)C[C@@H]12. The molecule has 0 saturated heterocycles. The van der Waals surface area contributed by atoms with Gasteiger partial charge in [-0.3, -0.25) is 4.79 Å². The monoisotopic (exact) mass is 343 g/mol. The maximum atomic E-state index is 12.6. The number of nitrogens with zero attached hydrogens (tertiary/aromatic N) is 1. The largest absolute Gasteiger partial charge is 0.335 e. The van der Waals surface area contributed by atoms with Gasteiger partial charge in [0.1, 0.15) is 0 Å². The molecule has 2 heteroatoms. The fraction of sp³-hybridized carbons (Fsp3) is 0.870. The zero-order valence-corrected chi connectivity index (χ0v) is 16.8. The zero-order valence-electron chi connectivity index (χ0n) is 16.8. The Morgan fingerprint density at radius 2 is 2.00 bits per heavy atom. The summed E-state index contributed by atoms with van der Waals surface area (Å²) in [5.74, 6) is 3.59. The van der Waals surface area contributed by atoms with Crippen LogP contribution in [-0.2, 0) is 4.79 Å². The van der Waals surface area contributed by atoms with E-state index in [1.165, 1.54) is 44.9 Å². The van der Waals surface area contributed by atoms with Crippen molar-refractivity contribution in [3.8, 4) is 0 Å². The van der Waals surface area contributed by atoms with E-state index >= 15 is 0 Å². The molecule has 0 aromatic rings. The molecule has 0 N–H and O–H groups in total. The molecule has 0 unspecified atom stereocenters. The normalized spacial score (nSPS) is 48.9. The first-order chi connectivity index (χ1) is 11.9. The first kappa shape index (κ1) is 17.6. The average molecular weight is 344 g/mol. The molecule has 3 aliphatic carbocycles. The summed E-state index contributed by atoms with van der Waals surface area (Å²) in [6.07, 6.45) is 14.9. The molecule has 1 amide bonds. The molecule has 25 heavy (non-hydrogen) atoms. The molecular formula is C23H37NO. The maximum Gasteiger partial charge on any atom is 0.246 e. The summed E-state index contributed by atoms with van der Waals surface area (Å²) in [6.45, 7) is 10.7. The number of amides is 1. The molecule has 7 atom stereocenters. The van der Waals surface area contributed by atoms with E-state index in [1.807, 2.05) is 6.08 Å². The fourth-order valence-corrected chi connectivity index (χ4v) is 7.51. The number of fused-ring (bicyclic) bond motifs is 5. The minimum Gasteiger partial charge on any atom is -0.335 e. The molecule has 1 heterocycles. The summed E-state index contributed by atoms with van der Waals surface area (Å²) in [6, 6.07) is 0.429. The number of unbranched alkanes of at least 4 members (excludes halogenated alkanes) is 1. The summed E-state index contributed by atoms with van der Waals surface area (Å²) in [5, 5.41) is 0. The fourth-order valence-electron chi connectivity index (χ4n) is 7.51. The second-order valence-corrected chi connectivity index (χ2v) is 10.2. The third-order valence-corrected chi connectivity index (χ3v) is 8.88. The van der Waals surface area contributed by atoms with E-state index in [1.54, 1.807) is 0 Å². The summed E-state index contributed by atoms with van der Waals surface area (Å²) < 4.78 is 0. The van der Waals surface area contributed by atoms with Crippen LogP contribution >= 0.6 is 0 Å². The number of carbonyl (C=O) groups is 1. The van der Waals surface area contributed by atoms with Gasteiger partial charge in [-0.1, -0.05) is 46.6 Å². The Morgan fingerprint density at radius 3 is 2.76 bits per heavy atom. The molecule has 4 rings (SSSR count). The lowest BCUT2D eigenvalue weighted by molar-refractivity contribution is -0.146. The molecule has 0 aromatic heterocycles. The van der Waals surface area contributed by atoms with Gasteiger partial charge in [0, 0.05) is 18.0 Å². The van der Waals surface area contributed by atoms with E-state index in [2.05, 4.69) is 38.7 Å². The predicted octanol–water partition coefficient (Wildman–Crippen LogP) is 5.43. The van der Waals surface area contributed by atoms with Gasteiger partial charge in [-0.25, -0.2) is 0 Å². The Hall–Kier alpha value is -0.790. The van der Waals surface area contributed by atoms with Gasteiger partial charge in [-0.15, -0.1) is 0 Å². The molecule has 0 aromatic carbocycles. The van der Waals surface area contributed by atoms with Crippen LogP contribution < -0.4 is 0 Å². The van der Waals surface area contributed by atoms with Crippen molar-refractivity contribution < 1.29 is 4.79 Å². The van der Waals surface area contributed by atoms with E-state index in [4.69, 9.17) is 0 Å². The van der Waals surface area contributed by atoms with Crippen molar-refractivity contribution in [2.24, 2.45) is 34.5 Å². The second-order valence-electron chi connectivity index (χ2n) is 10.2. The van der Waals surface area contributed by atoms with Crippen LogP contribution in [0.3, 0.4) is 0 Å². The van der Waals surface area contributed by atoms with Gasteiger partial charge in [0.05, 0.1) is 0 Å². The highest BCUT2D eigenvalue weighted by Gasteiger charge is 2.60. The minimum absolute atomic E-state index is 0.197. The van der Waals surface area contributed by atoms with Crippen molar-refractivity contribution in [3.63, 3.8) is 0 Å². The van der Waals surface area contributed by atoms with Crippen LogP contribution in [0.25, 0.3) is 0 Å². The maximum absolute atomic E-state index is 12.6. The third kappa shape index (κ3) is 2.53. The minimum atomic E-state index is 0.197. The van der Waals surface area contributed by atoms with Crippen molar-refractivity contribution in [1.82, 2.24) is 4.90 Å². The molecule has 140 valence electrons. The van der Waals surface area contributed by atoms with Gasteiger partial charge >= 0.3 is 0 Å². The van der Waals surface area contributed by atoms with Crippen LogP contribution in [0, 0.1) is 34.5 Å². The highest BCUT2D eigenvalue weighted by Crippen LogP contribution is 2.65. The summed E-state index contributed by atoms with van der Waals surface area (Å²) in [7, 11) is 0. The smallest absolute Gasteiger partial charge is 0.246 e. The highest BCUT2D eigenvalue weighted by molar-refractivity contribution is 5.89. The second kappa shape index (κ2) is 6.13. The molecule has 0 radical (unpaired) electrons. The van der Waals surface area contributed by atoms with Gasteiger partial charge in [0.2, 0.25) is 5.91 Å². The van der Waals surface area contributed by atoms with Crippen molar-refractivity contribution in [2.75, 3.05) is 6.54 Å². The molecule has 0 spiro atoms. The topological polar surface area (TPSA) is 20.3 Å². The number of hydrogen-bond donors (Lipinski definition) is 0. The lowest BCUT2D eigenvalue weighted by atomic mass is 9.46. The van der Waals surface area contributed by atoms with E-state index in [0.717, 1.165) is 36.6 Å². The number of carbonyl (C=O) groups excluding carboxylic acids is 1. The average Bonchev–Trinajstić information content (AvgIpc) is 2.98. The van der Waals surface area contributed by atoms with E-state index < -0.39 is 0 Å². The highest BCUT2D eigenvalue weighted by atomic mass is 16.2. The lowest BCUT2D eigenvalue weighted by Gasteiger charge is -2.62. The number of rotatable bonds is 3. The first-order valence-corrected chi connectivity index (χ1v) is 10.9. The molecular weight excluding hydrogens is 306 g/mol. The summed E-state index contributed by atoms with van der Waals surface area (Å²) in [5.41, 5.74) is 0.803. The van der Waals surface area contributed by atoms with Gasteiger partial charge in [0.15, 0.2) is 0 Å². The van der Waals surface area contributed by atoms with E-state index in [9.17, 15) is 4.79 Å². The zero-order chi connectivity index (χ0) is 17.8. The van der Waals surface area contributed by atoms with Crippen LogP contribution in [0.15, 0.2) is 12.2 Å². The molecule has 2 nitrogen and oxygen atoms in total. The van der Waals surface area contributed by atoms with Gasteiger partial charge in [-0.05, 0) is 73.7 Å². The van der Waals surface area contributed by atoms with Crippen LogP contribution in [-0.4, -0.2) is 23.4 Å². The number of hydrogen-bond acceptors (Lipinski definition) is 1. The molecule has 4 aliphatic rings. The molecule has 1 aliphatic heterocycles. The van der Waals surface area contributed by atoms with Gasteiger partial charge in [-0.2, -0.15) is 0 Å². The van der Waals surface area contributed by atoms with Gasteiger partial charge < -0.3 is 4.90 Å². The molecule has 3 saturated carbocycles. The molecule has 0 bridgehead atoms. The quantitative estimate of drug-likeness (QED) is 0.669. The first-order valence-electron chi connectivity index (χ1n) is 10.9. The van der Waals surface area contributed by atoms with Crippen molar-refractivity contribution in [1.29, 1.82) is 0 Å². The van der Waals surface area contributed by atoms with Crippen LogP contribution in [0.2, 0.25) is 0 Å². The Labute approximate surface area is 154 Å². The van der Waals surface area contributed by atoms with Crippen LogP contribution in [0.1, 0.15) is 79.1 Å². The Kier molecular flexibility index (Phi) is 4.32. The van der Waals surface area contributed by atoms with E-state index in [0.29, 0.717) is 11.5 Å².